The van der Waals surface area contributed by atoms with Crippen molar-refractivity contribution in [1.82, 2.24) is 19.3 Å². The van der Waals surface area contributed by atoms with Crippen molar-refractivity contribution >= 4 is 5.82 Å². The second kappa shape index (κ2) is 3.80. The summed E-state index contributed by atoms with van der Waals surface area (Å²) in [6.07, 6.45) is 4.91. The molecule has 0 aliphatic rings. The van der Waals surface area contributed by atoms with E-state index in [9.17, 15) is 4.79 Å². The molecule has 6 heteroatoms. The SMILES string of the molecule is CCn1ccnc(-n2cc(C)c(N)n2)c1=O. The third-order valence-corrected chi connectivity index (χ3v) is 2.39. The van der Waals surface area contributed by atoms with Crippen LogP contribution in [0.25, 0.3) is 5.82 Å². The molecule has 2 N–H and O–H groups in total. The summed E-state index contributed by atoms with van der Waals surface area (Å²) in [4.78, 5) is 15.9. The number of aromatic nitrogens is 4. The number of nitrogens with two attached hydrogens (primary N) is 1. The van der Waals surface area contributed by atoms with E-state index in [1.807, 2.05) is 13.8 Å². The highest BCUT2D eigenvalue weighted by molar-refractivity contribution is 5.38. The molecule has 0 saturated carbocycles. The first kappa shape index (κ1) is 10.4. The Labute approximate surface area is 92.3 Å². The Morgan fingerprint density at radius 3 is 2.81 bits per heavy atom. The van der Waals surface area contributed by atoms with Crippen LogP contribution in [-0.2, 0) is 6.54 Å². The summed E-state index contributed by atoms with van der Waals surface area (Å²) in [7, 11) is 0. The molecule has 0 saturated heterocycles. The molecule has 2 rings (SSSR count). The maximum Gasteiger partial charge on any atom is 0.295 e. The lowest BCUT2D eigenvalue weighted by molar-refractivity contribution is 0.693. The Kier molecular flexibility index (Phi) is 2.47. The number of aryl methyl sites for hydroxylation is 2. The van der Waals surface area contributed by atoms with Gasteiger partial charge in [-0.2, -0.15) is 0 Å². The molecule has 2 aromatic heterocycles. The summed E-state index contributed by atoms with van der Waals surface area (Å²) >= 11 is 0. The van der Waals surface area contributed by atoms with Gasteiger partial charge in [0.2, 0.25) is 5.82 Å². The van der Waals surface area contributed by atoms with Gasteiger partial charge in [0.05, 0.1) is 0 Å². The van der Waals surface area contributed by atoms with E-state index in [0.29, 0.717) is 12.4 Å². The highest BCUT2D eigenvalue weighted by atomic mass is 16.1. The summed E-state index contributed by atoms with van der Waals surface area (Å²) in [5.41, 5.74) is 6.28. The minimum absolute atomic E-state index is 0.174. The Balaban J connectivity index is 2.60. The molecule has 0 spiro atoms. The number of rotatable bonds is 2. The van der Waals surface area contributed by atoms with Crippen LogP contribution in [0, 0.1) is 6.92 Å². The first-order chi connectivity index (χ1) is 7.63. The number of hydrogen-bond donors (Lipinski definition) is 1. The van der Waals surface area contributed by atoms with Crippen LogP contribution >= 0.6 is 0 Å². The van der Waals surface area contributed by atoms with Crippen LogP contribution in [-0.4, -0.2) is 19.3 Å². The number of hydrogen-bond acceptors (Lipinski definition) is 4. The van der Waals surface area contributed by atoms with Crippen molar-refractivity contribution in [2.45, 2.75) is 20.4 Å². The van der Waals surface area contributed by atoms with Crippen LogP contribution in [0.2, 0.25) is 0 Å². The van der Waals surface area contributed by atoms with Gasteiger partial charge in [0.25, 0.3) is 5.56 Å². The molecule has 6 nitrogen and oxygen atoms in total. The van der Waals surface area contributed by atoms with E-state index in [-0.39, 0.29) is 11.4 Å². The first-order valence-electron chi connectivity index (χ1n) is 5.01. The molecule has 2 heterocycles. The topological polar surface area (TPSA) is 78.7 Å². The predicted molar refractivity (Wildman–Crippen MR) is 60.4 cm³/mol. The van der Waals surface area contributed by atoms with Gasteiger partial charge >= 0.3 is 0 Å². The fourth-order valence-corrected chi connectivity index (χ4v) is 1.42. The molecule has 0 fully saturated rings. The number of nitrogen functional groups attached to an aromatic ring is 1. The minimum Gasteiger partial charge on any atom is -0.382 e. The molecule has 84 valence electrons. The van der Waals surface area contributed by atoms with Gasteiger partial charge in [0.1, 0.15) is 5.82 Å². The number of nitrogens with zero attached hydrogens (tertiary/aromatic N) is 4. The fraction of sp³-hybridized carbons (Fsp3) is 0.300. The van der Waals surface area contributed by atoms with Gasteiger partial charge in [-0.15, -0.1) is 5.10 Å². The highest BCUT2D eigenvalue weighted by Crippen LogP contribution is 2.08. The molecule has 2 aromatic rings. The zero-order chi connectivity index (χ0) is 11.7. The van der Waals surface area contributed by atoms with E-state index in [1.54, 1.807) is 23.2 Å². The predicted octanol–water partition coefficient (Wildman–Crippen LogP) is 0.340. The smallest absolute Gasteiger partial charge is 0.295 e. The molecule has 0 unspecified atom stereocenters. The third kappa shape index (κ3) is 1.58. The zero-order valence-corrected chi connectivity index (χ0v) is 9.21. The van der Waals surface area contributed by atoms with Crippen LogP contribution < -0.4 is 11.3 Å². The number of anilines is 1. The van der Waals surface area contributed by atoms with Crippen LogP contribution in [0.5, 0.6) is 0 Å². The van der Waals surface area contributed by atoms with Crippen molar-refractivity contribution in [2.75, 3.05) is 5.73 Å². The molecule has 0 amide bonds. The van der Waals surface area contributed by atoms with E-state index < -0.39 is 0 Å². The third-order valence-electron chi connectivity index (χ3n) is 2.39. The van der Waals surface area contributed by atoms with Gasteiger partial charge in [0, 0.05) is 30.7 Å². The van der Waals surface area contributed by atoms with E-state index in [0.717, 1.165) is 5.56 Å². The largest absolute Gasteiger partial charge is 0.382 e. The maximum absolute atomic E-state index is 11.9. The molecule has 0 bridgehead atoms. The summed E-state index contributed by atoms with van der Waals surface area (Å²) < 4.78 is 2.98. The van der Waals surface area contributed by atoms with Gasteiger partial charge in [-0.05, 0) is 13.8 Å². The summed E-state index contributed by atoms with van der Waals surface area (Å²) in [5, 5.41) is 4.04. The Hall–Kier alpha value is -2.11. The second-order valence-electron chi connectivity index (χ2n) is 3.48. The van der Waals surface area contributed by atoms with Gasteiger partial charge in [-0.1, -0.05) is 0 Å². The summed E-state index contributed by atoms with van der Waals surface area (Å²) in [6, 6.07) is 0. The average molecular weight is 219 g/mol. The van der Waals surface area contributed by atoms with Crippen molar-refractivity contribution in [3.05, 3.63) is 34.5 Å². The molecule has 0 radical (unpaired) electrons. The Morgan fingerprint density at radius 2 is 2.25 bits per heavy atom. The van der Waals surface area contributed by atoms with Crippen LogP contribution in [0.4, 0.5) is 5.82 Å². The van der Waals surface area contributed by atoms with E-state index in [4.69, 9.17) is 5.73 Å². The molecule has 0 aliphatic heterocycles. The molecule has 0 atom stereocenters. The zero-order valence-electron chi connectivity index (χ0n) is 9.21. The van der Waals surface area contributed by atoms with E-state index in [1.165, 1.54) is 4.68 Å². The van der Waals surface area contributed by atoms with E-state index >= 15 is 0 Å². The first-order valence-corrected chi connectivity index (χ1v) is 5.01. The van der Waals surface area contributed by atoms with Gasteiger partial charge in [-0.3, -0.25) is 4.79 Å². The Bertz CT molecular complexity index is 549. The lowest BCUT2D eigenvalue weighted by Gasteiger charge is -2.03. The fourth-order valence-electron chi connectivity index (χ4n) is 1.42. The second-order valence-corrected chi connectivity index (χ2v) is 3.48. The lowest BCUT2D eigenvalue weighted by Crippen LogP contribution is -2.24. The van der Waals surface area contributed by atoms with Gasteiger partial charge in [0.15, 0.2) is 0 Å². The van der Waals surface area contributed by atoms with E-state index in [2.05, 4.69) is 10.1 Å². The summed E-state index contributed by atoms with van der Waals surface area (Å²) in [6.45, 7) is 4.33. The van der Waals surface area contributed by atoms with Crippen molar-refractivity contribution in [1.29, 1.82) is 0 Å². The highest BCUT2D eigenvalue weighted by Gasteiger charge is 2.09. The quantitative estimate of drug-likeness (QED) is 0.790. The van der Waals surface area contributed by atoms with Crippen molar-refractivity contribution in [2.24, 2.45) is 0 Å². The van der Waals surface area contributed by atoms with Crippen LogP contribution in [0.3, 0.4) is 0 Å². The van der Waals surface area contributed by atoms with Crippen LogP contribution in [0.15, 0.2) is 23.4 Å². The lowest BCUT2D eigenvalue weighted by atomic mass is 10.4. The normalized spacial score (nSPS) is 10.6. The van der Waals surface area contributed by atoms with Gasteiger partial charge in [-0.25, -0.2) is 9.67 Å². The van der Waals surface area contributed by atoms with Gasteiger partial charge < -0.3 is 10.3 Å². The maximum atomic E-state index is 11.9. The molecule has 16 heavy (non-hydrogen) atoms. The molecule has 0 aliphatic carbocycles. The minimum atomic E-state index is -0.174. The van der Waals surface area contributed by atoms with Crippen molar-refractivity contribution in [3.63, 3.8) is 0 Å². The van der Waals surface area contributed by atoms with Crippen LogP contribution in [0.1, 0.15) is 12.5 Å². The standard InChI is InChI=1S/C10H13N5O/c1-3-14-5-4-12-9(10(14)16)15-6-7(2)8(11)13-15/h4-6H,3H2,1-2H3,(H2,11,13). The van der Waals surface area contributed by atoms with Crippen molar-refractivity contribution in [3.8, 4) is 5.82 Å². The summed E-state index contributed by atoms with van der Waals surface area (Å²) in [5.74, 6) is 0.678. The molecular formula is C10H13N5O. The monoisotopic (exact) mass is 219 g/mol. The van der Waals surface area contributed by atoms with Crippen molar-refractivity contribution < 1.29 is 0 Å². The molecular weight excluding hydrogens is 206 g/mol. The average Bonchev–Trinajstić information content (AvgIpc) is 2.59. The Morgan fingerprint density at radius 1 is 1.50 bits per heavy atom. The molecule has 0 aromatic carbocycles.